The van der Waals surface area contributed by atoms with E-state index in [1.54, 1.807) is 0 Å². The second-order valence-corrected chi connectivity index (χ2v) is 3.48. The molecule has 0 aliphatic heterocycles. The van der Waals surface area contributed by atoms with Gasteiger partial charge in [0.25, 0.3) is 0 Å². The first-order valence-corrected chi connectivity index (χ1v) is 4.40. The van der Waals surface area contributed by atoms with Crippen molar-refractivity contribution < 1.29 is 17.6 Å². The number of halogens is 5. The molecule has 84 valence electrons. The molecule has 15 heavy (non-hydrogen) atoms. The molecule has 0 saturated heterocycles. The van der Waals surface area contributed by atoms with Crippen LogP contribution in [0.5, 0.6) is 0 Å². The highest BCUT2D eigenvalue weighted by Gasteiger charge is 2.29. The van der Waals surface area contributed by atoms with E-state index in [2.05, 4.69) is 0 Å². The number of hydrogen-bond acceptors (Lipinski definition) is 1. The maximum Gasteiger partial charge on any atom is 0.405 e. The Morgan fingerprint density at radius 1 is 1.33 bits per heavy atom. The van der Waals surface area contributed by atoms with E-state index in [-0.39, 0.29) is 10.7 Å². The molecule has 0 aliphatic rings. The normalized spacial score (nSPS) is 11.6. The van der Waals surface area contributed by atoms with Crippen molar-refractivity contribution in [3.8, 4) is 0 Å². The lowest BCUT2D eigenvalue weighted by atomic mass is 10.3. The molecule has 1 rings (SSSR count). The third kappa shape index (κ3) is 3.58. The molecule has 1 nitrogen and oxygen atoms in total. The predicted octanol–water partition coefficient (Wildman–Crippen LogP) is 3.48. The van der Waals surface area contributed by atoms with E-state index in [4.69, 9.17) is 11.6 Å². The van der Waals surface area contributed by atoms with Crippen LogP contribution in [0.3, 0.4) is 0 Å². The van der Waals surface area contributed by atoms with E-state index in [0.29, 0.717) is 0 Å². The van der Waals surface area contributed by atoms with Crippen LogP contribution < -0.4 is 4.90 Å². The maximum atomic E-state index is 12.7. The van der Waals surface area contributed by atoms with Gasteiger partial charge in [-0.3, -0.25) is 0 Å². The molecule has 0 bridgehead atoms. The molecule has 0 atom stereocenters. The molecule has 0 N–H and O–H groups in total. The Balaban J connectivity index is 2.83. The number of hydrogen-bond donors (Lipinski definition) is 0. The molecule has 1 aromatic rings. The first kappa shape index (κ1) is 12.1. The first-order valence-electron chi connectivity index (χ1n) is 4.02. The van der Waals surface area contributed by atoms with Crippen LogP contribution in [0.15, 0.2) is 18.2 Å². The van der Waals surface area contributed by atoms with Gasteiger partial charge in [-0.2, -0.15) is 13.2 Å². The molecule has 0 heterocycles. The van der Waals surface area contributed by atoms with Crippen molar-refractivity contribution in [2.45, 2.75) is 6.18 Å². The second kappa shape index (κ2) is 4.26. The minimum Gasteiger partial charge on any atom is -0.366 e. The smallest absolute Gasteiger partial charge is 0.366 e. The Bertz CT molecular complexity index is 350. The topological polar surface area (TPSA) is 3.24 Å². The van der Waals surface area contributed by atoms with Crippen molar-refractivity contribution in [1.29, 1.82) is 0 Å². The number of rotatable bonds is 2. The average Bonchev–Trinajstić information content (AvgIpc) is 2.06. The Morgan fingerprint density at radius 2 is 1.93 bits per heavy atom. The van der Waals surface area contributed by atoms with Crippen molar-refractivity contribution in [3.63, 3.8) is 0 Å². The highest BCUT2D eigenvalue weighted by molar-refractivity contribution is 6.31. The molecule has 0 saturated carbocycles. The molecule has 0 fully saturated rings. The fourth-order valence-electron chi connectivity index (χ4n) is 1.08. The fourth-order valence-corrected chi connectivity index (χ4v) is 1.26. The van der Waals surface area contributed by atoms with E-state index in [1.807, 2.05) is 0 Å². The summed E-state index contributed by atoms with van der Waals surface area (Å²) in [5, 5.41) is -0.193. The van der Waals surface area contributed by atoms with E-state index in [0.717, 1.165) is 17.0 Å². The van der Waals surface area contributed by atoms with E-state index in [9.17, 15) is 17.6 Å². The molecule has 0 aliphatic carbocycles. The summed E-state index contributed by atoms with van der Waals surface area (Å²) in [5.74, 6) is -0.652. The summed E-state index contributed by atoms with van der Waals surface area (Å²) in [7, 11) is 1.26. The minimum absolute atomic E-state index is 0.193. The van der Waals surface area contributed by atoms with Gasteiger partial charge in [0.15, 0.2) is 0 Å². The summed E-state index contributed by atoms with van der Waals surface area (Å²) < 4.78 is 48.8. The van der Waals surface area contributed by atoms with E-state index in [1.165, 1.54) is 13.1 Å². The summed E-state index contributed by atoms with van der Waals surface area (Å²) in [6.45, 7) is -1.10. The number of benzene rings is 1. The standard InChI is InChI=1S/C9H8ClF4N/c1-15(5-9(12,13)14)6-2-3-8(11)7(10)4-6/h2-4H,5H2,1H3. The third-order valence-electron chi connectivity index (χ3n) is 1.76. The number of alkyl halides is 3. The van der Waals surface area contributed by atoms with Gasteiger partial charge < -0.3 is 4.90 Å². The van der Waals surface area contributed by atoms with Gasteiger partial charge in [0.05, 0.1) is 5.02 Å². The van der Waals surface area contributed by atoms with Crippen LogP contribution >= 0.6 is 11.6 Å². The van der Waals surface area contributed by atoms with Crippen molar-refractivity contribution in [3.05, 3.63) is 29.0 Å². The Morgan fingerprint density at radius 3 is 2.40 bits per heavy atom. The van der Waals surface area contributed by atoms with Gasteiger partial charge in [0, 0.05) is 12.7 Å². The van der Waals surface area contributed by atoms with E-state index >= 15 is 0 Å². The molecule has 0 radical (unpaired) electrons. The second-order valence-electron chi connectivity index (χ2n) is 3.07. The van der Waals surface area contributed by atoms with Crippen LogP contribution in [0, 0.1) is 5.82 Å². The molecule has 0 aromatic heterocycles. The maximum absolute atomic E-state index is 12.7. The van der Waals surface area contributed by atoms with Gasteiger partial charge in [-0.05, 0) is 18.2 Å². The van der Waals surface area contributed by atoms with Crippen LogP contribution in [0.1, 0.15) is 0 Å². The zero-order valence-electron chi connectivity index (χ0n) is 7.78. The Labute approximate surface area is 89.3 Å². The summed E-state index contributed by atoms with van der Waals surface area (Å²) in [5.41, 5.74) is 0.221. The summed E-state index contributed by atoms with van der Waals surface area (Å²) in [6.07, 6.45) is -4.30. The van der Waals surface area contributed by atoms with Crippen molar-refractivity contribution in [2.75, 3.05) is 18.5 Å². The SMILES string of the molecule is CN(CC(F)(F)F)c1ccc(F)c(Cl)c1. The van der Waals surface area contributed by atoms with Gasteiger partial charge in [-0.25, -0.2) is 4.39 Å². The quantitative estimate of drug-likeness (QED) is 0.717. The van der Waals surface area contributed by atoms with Gasteiger partial charge in [0.1, 0.15) is 12.4 Å². The van der Waals surface area contributed by atoms with Gasteiger partial charge >= 0.3 is 6.18 Å². The Hall–Kier alpha value is -0.970. The van der Waals surface area contributed by atoms with Crippen LogP contribution in [0.2, 0.25) is 5.02 Å². The van der Waals surface area contributed by atoms with Crippen molar-refractivity contribution in [2.24, 2.45) is 0 Å². The molecule has 0 unspecified atom stereocenters. The molecular weight excluding hydrogens is 234 g/mol. The molecule has 0 amide bonds. The summed E-state index contributed by atoms with van der Waals surface area (Å²) in [4.78, 5) is 0.950. The Kier molecular flexibility index (Phi) is 3.44. The van der Waals surface area contributed by atoms with E-state index < -0.39 is 18.5 Å². The van der Waals surface area contributed by atoms with Crippen molar-refractivity contribution >= 4 is 17.3 Å². The van der Waals surface area contributed by atoms with Gasteiger partial charge in [-0.15, -0.1) is 0 Å². The number of anilines is 1. The van der Waals surface area contributed by atoms with Crippen molar-refractivity contribution in [1.82, 2.24) is 0 Å². The van der Waals surface area contributed by atoms with Crippen LogP contribution in [-0.4, -0.2) is 19.8 Å². The summed E-state index contributed by atoms with van der Waals surface area (Å²) in [6, 6.07) is 3.43. The molecular formula is C9H8ClF4N. The lowest BCUT2D eigenvalue weighted by Crippen LogP contribution is -2.30. The highest BCUT2D eigenvalue weighted by atomic mass is 35.5. The molecule has 0 spiro atoms. The highest BCUT2D eigenvalue weighted by Crippen LogP contribution is 2.24. The fraction of sp³-hybridized carbons (Fsp3) is 0.333. The monoisotopic (exact) mass is 241 g/mol. The van der Waals surface area contributed by atoms with Gasteiger partial charge in [0.2, 0.25) is 0 Å². The predicted molar refractivity (Wildman–Crippen MR) is 50.7 cm³/mol. The molecule has 1 aromatic carbocycles. The van der Waals surface area contributed by atoms with Crippen LogP contribution in [-0.2, 0) is 0 Å². The zero-order valence-corrected chi connectivity index (χ0v) is 8.53. The third-order valence-corrected chi connectivity index (χ3v) is 2.05. The number of nitrogens with zero attached hydrogens (tertiary/aromatic N) is 1. The lowest BCUT2D eigenvalue weighted by Gasteiger charge is -2.21. The van der Waals surface area contributed by atoms with Gasteiger partial charge in [-0.1, -0.05) is 11.6 Å². The average molecular weight is 242 g/mol. The minimum atomic E-state index is -4.30. The largest absolute Gasteiger partial charge is 0.405 e. The molecule has 6 heteroatoms. The van der Waals surface area contributed by atoms with Crippen LogP contribution in [0.4, 0.5) is 23.2 Å². The first-order chi connectivity index (χ1) is 6.79. The summed E-state index contributed by atoms with van der Waals surface area (Å²) >= 11 is 5.45. The zero-order chi connectivity index (χ0) is 11.6. The lowest BCUT2D eigenvalue weighted by molar-refractivity contribution is -0.119. The van der Waals surface area contributed by atoms with Crippen LogP contribution in [0.25, 0.3) is 0 Å².